The zero-order chi connectivity index (χ0) is 21.3. The summed E-state index contributed by atoms with van der Waals surface area (Å²) in [5.74, 6) is 1.24. The average molecular weight is 432 g/mol. The van der Waals surface area contributed by atoms with Gasteiger partial charge in [0.1, 0.15) is 17.0 Å². The van der Waals surface area contributed by atoms with Crippen molar-refractivity contribution in [1.29, 1.82) is 0 Å². The second-order valence-electron chi connectivity index (χ2n) is 8.93. The SMILES string of the molecule is CN(CCO)C(=O)CC1CCc2sc3ncnc(NC4CCC(N(C)C)CC4)c3c21. The molecule has 0 radical (unpaired) electrons. The fraction of sp³-hybridized carbons (Fsp3) is 0.682. The first-order chi connectivity index (χ1) is 14.5. The summed E-state index contributed by atoms with van der Waals surface area (Å²) in [6, 6.07) is 1.11. The zero-order valence-electron chi connectivity index (χ0n) is 18.2. The number of fused-ring (bicyclic) bond motifs is 3. The number of hydrogen-bond donors (Lipinski definition) is 2. The molecule has 2 N–H and O–H groups in total. The van der Waals surface area contributed by atoms with E-state index in [-0.39, 0.29) is 18.4 Å². The number of amides is 1. The molecule has 1 saturated carbocycles. The number of rotatable bonds is 7. The molecule has 2 aliphatic carbocycles. The van der Waals surface area contributed by atoms with Gasteiger partial charge in [0, 0.05) is 37.0 Å². The molecule has 30 heavy (non-hydrogen) atoms. The molecule has 0 saturated heterocycles. The number of aliphatic hydroxyl groups is 1. The van der Waals surface area contributed by atoms with Gasteiger partial charge < -0.3 is 20.2 Å². The molecule has 4 rings (SSSR count). The Labute approximate surface area is 182 Å². The van der Waals surface area contributed by atoms with Crippen molar-refractivity contribution < 1.29 is 9.90 Å². The van der Waals surface area contributed by atoms with Gasteiger partial charge in [0.2, 0.25) is 5.91 Å². The van der Waals surface area contributed by atoms with Gasteiger partial charge in [0.25, 0.3) is 0 Å². The Balaban J connectivity index is 1.54. The van der Waals surface area contributed by atoms with Gasteiger partial charge in [0.05, 0.1) is 12.0 Å². The number of aliphatic hydroxyl groups excluding tert-OH is 1. The normalized spacial score (nSPS) is 23.7. The van der Waals surface area contributed by atoms with Crippen molar-refractivity contribution >= 4 is 33.3 Å². The molecule has 2 aromatic rings. The minimum Gasteiger partial charge on any atom is -0.395 e. The van der Waals surface area contributed by atoms with Crippen LogP contribution in [-0.2, 0) is 11.2 Å². The molecule has 0 aliphatic heterocycles. The van der Waals surface area contributed by atoms with Gasteiger partial charge in [-0.1, -0.05) is 0 Å². The van der Waals surface area contributed by atoms with Gasteiger partial charge in [-0.05, 0) is 64.1 Å². The van der Waals surface area contributed by atoms with Crippen LogP contribution in [0, 0.1) is 0 Å². The van der Waals surface area contributed by atoms with E-state index in [1.54, 1.807) is 29.6 Å². The Morgan fingerprint density at radius 3 is 2.67 bits per heavy atom. The molecule has 0 bridgehead atoms. The Morgan fingerprint density at radius 1 is 1.20 bits per heavy atom. The minimum absolute atomic E-state index is 0.00247. The highest BCUT2D eigenvalue weighted by Crippen LogP contribution is 2.47. The molecule has 164 valence electrons. The van der Waals surface area contributed by atoms with Crippen LogP contribution in [-0.4, -0.2) is 77.2 Å². The highest BCUT2D eigenvalue weighted by atomic mass is 32.1. The summed E-state index contributed by atoms with van der Waals surface area (Å²) in [5.41, 5.74) is 1.28. The summed E-state index contributed by atoms with van der Waals surface area (Å²) in [6.07, 6.45) is 8.85. The number of carbonyl (C=O) groups is 1. The number of likely N-dealkylation sites (N-methyl/N-ethyl adjacent to an activating group) is 1. The van der Waals surface area contributed by atoms with Gasteiger partial charge in [-0.3, -0.25) is 4.79 Å². The van der Waals surface area contributed by atoms with Crippen LogP contribution in [0.2, 0.25) is 0 Å². The Hall–Kier alpha value is -1.77. The van der Waals surface area contributed by atoms with Gasteiger partial charge in [0.15, 0.2) is 0 Å². The largest absolute Gasteiger partial charge is 0.395 e. The van der Waals surface area contributed by atoms with E-state index in [1.165, 1.54) is 23.3 Å². The number of hydrogen-bond acceptors (Lipinski definition) is 7. The monoisotopic (exact) mass is 431 g/mol. The quantitative estimate of drug-likeness (QED) is 0.702. The number of carbonyl (C=O) groups excluding carboxylic acids is 1. The predicted molar refractivity (Wildman–Crippen MR) is 121 cm³/mol. The molecule has 7 nitrogen and oxygen atoms in total. The summed E-state index contributed by atoms with van der Waals surface area (Å²) in [4.78, 5) is 28.1. The summed E-state index contributed by atoms with van der Waals surface area (Å²) < 4.78 is 0. The maximum atomic E-state index is 12.6. The molecule has 0 aromatic carbocycles. The fourth-order valence-electron chi connectivity index (χ4n) is 4.95. The molecule has 0 spiro atoms. The topological polar surface area (TPSA) is 81.6 Å². The van der Waals surface area contributed by atoms with E-state index in [2.05, 4.69) is 34.3 Å². The Bertz CT molecular complexity index is 891. The van der Waals surface area contributed by atoms with Gasteiger partial charge in [-0.2, -0.15) is 0 Å². The molecular weight excluding hydrogens is 398 g/mol. The Kier molecular flexibility index (Phi) is 6.55. The van der Waals surface area contributed by atoms with E-state index in [0.29, 0.717) is 25.0 Å². The molecule has 2 aromatic heterocycles. The molecule has 8 heteroatoms. The molecule has 1 atom stereocenters. The van der Waals surface area contributed by atoms with Crippen molar-refractivity contribution in [2.75, 3.05) is 39.6 Å². The molecule has 2 aliphatic rings. The van der Waals surface area contributed by atoms with Crippen molar-refractivity contribution in [1.82, 2.24) is 19.8 Å². The molecular formula is C22H33N5O2S. The first-order valence-electron chi connectivity index (χ1n) is 11.0. The number of aromatic nitrogens is 2. The van der Waals surface area contributed by atoms with Crippen LogP contribution in [0.1, 0.15) is 54.9 Å². The summed E-state index contributed by atoms with van der Waals surface area (Å²) in [7, 11) is 6.10. The summed E-state index contributed by atoms with van der Waals surface area (Å²) >= 11 is 1.75. The van der Waals surface area contributed by atoms with Crippen LogP contribution in [0.5, 0.6) is 0 Å². The van der Waals surface area contributed by atoms with Crippen LogP contribution in [0.25, 0.3) is 10.2 Å². The van der Waals surface area contributed by atoms with Gasteiger partial charge in [-0.25, -0.2) is 9.97 Å². The standard InChI is InChI=1S/C22H33N5O2S/c1-26(2)16-7-5-15(6-8-16)25-21-20-19-14(12-18(29)27(3)10-11-28)4-9-17(19)30-22(20)24-13-23-21/h13-16,28H,4-12H2,1-3H3,(H,23,24,25). The van der Waals surface area contributed by atoms with E-state index >= 15 is 0 Å². The molecule has 1 unspecified atom stereocenters. The second kappa shape index (κ2) is 9.16. The maximum Gasteiger partial charge on any atom is 0.223 e. The summed E-state index contributed by atoms with van der Waals surface area (Å²) in [5, 5.41) is 14.0. The van der Waals surface area contributed by atoms with Crippen molar-refractivity contribution in [3.63, 3.8) is 0 Å². The van der Waals surface area contributed by atoms with Gasteiger partial charge in [-0.15, -0.1) is 11.3 Å². The van der Waals surface area contributed by atoms with E-state index in [0.717, 1.165) is 41.7 Å². The number of aryl methyl sites for hydroxylation is 1. The lowest BCUT2D eigenvalue weighted by atomic mass is 9.90. The highest BCUT2D eigenvalue weighted by molar-refractivity contribution is 7.19. The van der Waals surface area contributed by atoms with Crippen LogP contribution in [0.3, 0.4) is 0 Å². The average Bonchev–Trinajstić information content (AvgIpc) is 3.28. The van der Waals surface area contributed by atoms with E-state index in [9.17, 15) is 4.79 Å². The maximum absolute atomic E-state index is 12.6. The first kappa shape index (κ1) is 21.5. The number of nitrogens with one attached hydrogen (secondary N) is 1. The van der Waals surface area contributed by atoms with Crippen LogP contribution in [0.15, 0.2) is 6.33 Å². The minimum atomic E-state index is -0.00247. The van der Waals surface area contributed by atoms with Crippen molar-refractivity contribution in [3.8, 4) is 0 Å². The number of thiophene rings is 1. The van der Waals surface area contributed by atoms with E-state index < -0.39 is 0 Å². The van der Waals surface area contributed by atoms with Crippen LogP contribution < -0.4 is 5.32 Å². The summed E-state index contributed by atoms with van der Waals surface area (Å²) in [6.45, 7) is 0.381. The van der Waals surface area contributed by atoms with Crippen LogP contribution in [0.4, 0.5) is 5.82 Å². The van der Waals surface area contributed by atoms with Crippen molar-refractivity contribution in [2.45, 2.75) is 62.9 Å². The lowest BCUT2D eigenvalue weighted by Gasteiger charge is -2.33. The highest BCUT2D eigenvalue weighted by Gasteiger charge is 2.32. The zero-order valence-corrected chi connectivity index (χ0v) is 19.0. The molecule has 1 fully saturated rings. The van der Waals surface area contributed by atoms with Crippen molar-refractivity contribution in [3.05, 3.63) is 16.8 Å². The van der Waals surface area contributed by atoms with E-state index in [4.69, 9.17) is 5.11 Å². The third kappa shape index (κ3) is 4.31. The lowest BCUT2D eigenvalue weighted by Crippen LogP contribution is -2.36. The van der Waals surface area contributed by atoms with E-state index in [1.807, 2.05) is 0 Å². The lowest BCUT2D eigenvalue weighted by molar-refractivity contribution is -0.130. The Morgan fingerprint density at radius 2 is 1.97 bits per heavy atom. The third-order valence-electron chi connectivity index (χ3n) is 6.78. The smallest absolute Gasteiger partial charge is 0.223 e. The third-order valence-corrected chi connectivity index (χ3v) is 7.95. The predicted octanol–water partition coefficient (Wildman–Crippen LogP) is 2.85. The van der Waals surface area contributed by atoms with Crippen LogP contribution >= 0.6 is 11.3 Å². The fourth-order valence-corrected chi connectivity index (χ4v) is 6.19. The number of anilines is 1. The molecule has 1 amide bonds. The first-order valence-corrected chi connectivity index (χ1v) is 11.8. The van der Waals surface area contributed by atoms with Gasteiger partial charge >= 0.3 is 0 Å². The molecule has 2 heterocycles. The second-order valence-corrected chi connectivity index (χ2v) is 10.0. The number of nitrogens with zero attached hydrogens (tertiary/aromatic N) is 4. The van der Waals surface area contributed by atoms with Crippen molar-refractivity contribution in [2.24, 2.45) is 0 Å².